The predicted octanol–water partition coefficient (Wildman–Crippen LogP) is 4.98. The molecule has 1 fully saturated rings. The highest BCUT2D eigenvalue weighted by atomic mass is 16.2. The van der Waals surface area contributed by atoms with Gasteiger partial charge in [-0.1, -0.05) is 76.2 Å². The Morgan fingerprint density at radius 1 is 0.769 bits per heavy atom. The van der Waals surface area contributed by atoms with E-state index < -0.39 is 0 Å². The van der Waals surface area contributed by atoms with Gasteiger partial charge < -0.3 is 9.80 Å². The number of carbonyl (C=O) groups is 1. The molecular formula is C23H30N2O. The Morgan fingerprint density at radius 3 is 1.62 bits per heavy atom. The molecule has 0 bridgehead atoms. The minimum absolute atomic E-state index is 0.143. The first-order valence-corrected chi connectivity index (χ1v) is 9.58. The van der Waals surface area contributed by atoms with E-state index in [0.717, 1.165) is 19.5 Å². The first-order valence-electron chi connectivity index (χ1n) is 9.58. The van der Waals surface area contributed by atoms with Gasteiger partial charge in [0.05, 0.1) is 0 Å². The van der Waals surface area contributed by atoms with Crippen molar-refractivity contribution in [2.24, 2.45) is 0 Å². The van der Waals surface area contributed by atoms with Gasteiger partial charge in [-0.2, -0.15) is 0 Å². The van der Waals surface area contributed by atoms with Crippen LogP contribution >= 0.6 is 0 Å². The Bertz CT molecular complexity index is 741. The number of hydrogen-bond donors (Lipinski definition) is 0. The maximum Gasteiger partial charge on any atom is 0.320 e. The van der Waals surface area contributed by atoms with Gasteiger partial charge in [-0.15, -0.1) is 0 Å². The Balaban J connectivity index is 1.60. The van der Waals surface area contributed by atoms with Crippen molar-refractivity contribution in [3.8, 4) is 0 Å². The second-order valence-electron chi connectivity index (χ2n) is 8.24. The fourth-order valence-electron chi connectivity index (χ4n) is 3.36. The smallest absolute Gasteiger partial charge is 0.319 e. The Labute approximate surface area is 157 Å². The highest BCUT2D eigenvalue weighted by Gasteiger charge is 2.28. The number of amides is 2. The van der Waals surface area contributed by atoms with Crippen LogP contribution in [0.4, 0.5) is 4.79 Å². The average Bonchev–Trinajstić information content (AvgIpc) is 2.95. The lowest BCUT2D eigenvalue weighted by Crippen LogP contribution is -2.31. The lowest BCUT2D eigenvalue weighted by atomic mass is 9.87. The fraction of sp³-hybridized carbons (Fsp3) is 0.435. The minimum Gasteiger partial charge on any atom is -0.319 e. The van der Waals surface area contributed by atoms with Gasteiger partial charge in [0.25, 0.3) is 0 Å². The zero-order valence-corrected chi connectivity index (χ0v) is 16.5. The topological polar surface area (TPSA) is 23.6 Å². The molecule has 3 heteroatoms. The molecule has 0 atom stereocenters. The van der Waals surface area contributed by atoms with E-state index in [1.165, 1.54) is 22.3 Å². The largest absolute Gasteiger partial charge is 0.320 e. The third kappa shape index (κ3) is 4.27. The first-order chi connectivity index (χ1) is 12.4. The molecule has 2 amide bonds. The van der Waals surface area contributed by atoms with Crippen molar-refractivity contribution in [1.82, 2.24) is 9.80 Å². The monoisotopic (exact) mass is 350 g/mol. The van der Waals surface area contributed by atoms with Crippen molar-refractivity contribution >= 4 is 6.03 Å². The van der Waals surface area contributed by atoms with Gasteiger partial charge in [0.15, 0.2) is 0 Å². The summed E-state index contributed by atoms with van der Waals surface area (Å²) in [5.74, 6) is 0. The molecule has 2 aromatic rings. The van der Waals surface area contributed by atoms with E-state index in [2.05, 4.69) is 76.2 Å². The van der Waals surface area contributed by atoms with Crippen molar-refractivity contribution in [2.45, 2.75) is 52.6 Å². The summed E-state index contributed by atoms with van der Waals surface area (Å²) in [5, 5.41) is 0. The molecule has 0 aromatic heterocycles. The third-order valence-electron chi connectivity index (χ3n) is 5.18. The van der Waals surface area contributed by atoms with Crippen molar-refractivity contribution in [3.05, 3.63) is 70.8 Å². The fourth-order valence-corrected chi connectivity index (χ4v) is 3.36. The van der Waals surface area contributed by atoms with Crippen LogP contribution in [0.25, 0.3) is 0 Å². The van der Waals surface area contributed by atoms with Gasteiger partial charge in [0.2, 0.25) is 0 Å². The highest BCUT2D eigenvalue weighted by molar-refractivity contribution is 5.76. The number of aryl methyl sites for hydroxylation is 1. The number of nitrogens with zero attached hydrogens (tertiary/aromatic N) is 2. The molecule has 0 unspecified atom stereocenters. The second kappa shape index (κ2) is 7.53. The lowest BCUT2D eigenvalue weighted by Gasteiger charge is -2.21. The van der Waals surface area contributed by atoms with Gasteiger partial charge >= 0.3 is 6.03 Å². The summed E-state index contributed by atoms with van der Waals surface area (Å²) < 4.78 is 0. The molecule has 0 spiro atoms. The average molecular weight is 351 g/mol. The van der Waals surface area contributed by atoms with E-state index in [4.69, 9.17) is 0 Å². The number of hydrogen-bond acceptors (Lipinski definition) is 1. The van der Waals surface area contributed by atoms with Crippen molar-refractivity contribution in [1.29, 1.82) is 0 Å². The van der Waals surface area contributed by atoms with Gasteiger partial charge in [-0.05, 0) is 34.1 Å². The quantitative estimate of drug-likeness (QED) is 0.745. The SMILES string of the molecule is CCc1ccc(CN2CCN(Cc3ccc(C(C)(C)C)cc3)C2=O)cc1. The van der Waals surface area contributed by atoms with Crippen LogP contribution in [-0.2, 0) is 24.9 Å². The number of carbonyl (C=O) groups excluding carboxylic acids is 1. The first kappa shape index (κ1) is 18.5. The minimum atomic E-state index is 0.143. The number of urea groups is 1. The summed E-state index contributed by atoms with van der Waals surface area (Å²) in [4.78, 5) is 16.6. The Kier molecular flexibility index (Phi) is 5.36. The zero-order valence-electron chi connectivity index (χ0n) is 16.5. The van der Waals surface area contributed by atoms with Crippen molar-refractivity contribution in [2.75, 3.05) is 13.1 Å². The third-order valence-corrected chi connectivity index (χ3v) is 5.18. The zero-order chi connectivity index (χ0) is 18.7. The second-order valence-corrected chi connectivity index (χ2v) is 8.24. The van der Waals surface area contributed by atoms with E-state index in [9.17, 15) is 4.79 Å². The van der Waals surface area contributed by atoms with Gasteiger partial charge in [0.1, 0.15) is 0 Å². The van der Waals surface area contributed by atoms with Crippen LogP contribution in [0.5, 0.6) is 0 Å². The molecule has 0 N–H and O–H groups in total. The maximum absolute atomic E-state index is 12.7. The van der Waals surface area contributed by atoms with Crippen LogP contribution in [0.15, 0.2) is 48.5 Å². The Hall–Kier alpha value is -2.29. The molecular weight excluding hydrogens is 320 g/mol. The highest BCUT2D eigenvalue weighted by Crippen LogP contribution is 2.23. The van der Waals surface area contributed by atoms with Crippen molar-refractivity contribution in [3.63, 3.8) is 0 Å². The molecule has 3 nitrogen and oxygen atoms in total. The predicted molar refractivity (Wildman–Crippen MR) is 107 cm³/mol. The van der Waals surface area contributed by atoms with E-state index in [-0.39, 0.29) is 11.4 Å². The summed E-state index contributed by atoms with van der Waals surface area (Å²) in [6, 6.07) is 17.4. The molecule has 0 saturated carbocycles. The summed E-state index contributed by atoms with van der Waals surface area (Å²) in [5.41, 5.74) is 5.21. The van der Waals surface area contributed by atoms with Crippen LogP contribution in [0.3, 0.4) is 0 Å². The molecule has 1 saturated heterocycles. The van der Waals surface area contributed by atoms with Crippen molar-refractivity contribution < 1.29 is 4.79 Å². The van der Waals surface area contributed by atoms with Crippen LogP contribution in [0, 0.1) is 0 Å². The Morgan fingerprint density at radius 2 is 1.19 bits per heavy atom. The molecule has 1 heterocycles. The maximum atomic E-state index is 12.7. The van der Waals surface area contributed by atoms with Crippen LogP contribution in [-0.4, -0.2) is 28.9 Å². The molecule has 3 rings (SSSR count). The normalized spacial score (nSPS) is 15.0. The van der Waals surface area contributed by atoms with E-state index in [0.29, 0.717) is 13.1 Å². The standard InChI is InChI=1S/C23H30N2O/c1-5-18-6-8-19(9-7-18)16-24-14-15-25(22(24)26)17-20-10-12-21(13-11-20)23(2,3)4/h6-13H,5,14-17H2,1-4H3. The van der Waals surface area contributed by atoms with E-state index in [1.807, 2.05) is 9.80 Å². The molecule has 138 valence electrons. The van der Waals surface area contributed by atoms with Gasteiger partial charge in [-0.3, -0.25) is 0 Å². The number of benzene rings is 2. The summed E-state index contributed by atoms with van der Waals surface area (Å²) >= 11 is 0. The van der Waals surface area contributed by atoms with Gasteiger partial charge in [-0.25, -0.2) is 4.79 Å². The summed E-state index contributed by atoms with van der Waals surface area (Å²) in [6.07, 6.45) is 1.05. The molecule has 26 heavy (non-hydrogen) atoms. The van der Waals surface area contributed by atoms with Crippen LogP contribution < -0.4 is 0 Å². The van der Waals surface area contributed by atoms with Crippen LogP contribution in [0.2, 0.25) is 0 Å². The molecule has 0 radical (unpaired) electrons. The number of rotatable bonds is 5. The molecule has 1 aliphatic heterocycles. The van der Waals surface area contributed by atoms with Gasteiger partial charge in [0, 0.05) is 26.2 Å². The van der Waals surface area contributed by atoms with Crippen LogP contribution in [0.1, 0.15) is 49.9 Å². The summed E-state index contributed by atoms with van der Waals surface area (Å²) in [6.45, 7) is 11.8. The lowest BCUT2D eigenvalue weighted by molar-refractivity contribution is 0.189. The summed E-state index contributed by atoms with van der Waals surface area (Å²) in [7, 11) is 0. The van der Waals surface area contributed by atoms with E-state index in [1.54, 1.807) is 0 Å². The molecule has 2 aromatic carbocycles. The molecule has 1 aliphatic rings. The molecule has 0 aliphatic carbocycles. The van der Waals surface area contributed by atoms with E-state index >= 15 is 0 Å².